The van der Waals surface area contributed by atoms with Crippen molar-refractivity contribution in [1.29, 1.82) is 0 Å². The Morgan fingerprint density at radius 3 is 1.50 bits per heavy atom. The standard InChI is InChI=1S/C48H82NO8P/c1-6-8-10-12-14-16-18-20-22-24-26-28-30-32-34-36-38-40-47(50)54-44-46(45-56-58(52,53)55-43-42-49(3,4)5)57-48(51)41-39-37-35-33-31-29-27-25-23-21-19-17-15-13-11-9-7-2/h10,12,16,18,21-24,27-30,33,35,46H,6-9,11,13-15,17,19-20,25-26,31-32,34,36-45H2,1-5H3/b12-10+,18-16+,23-21+,24-22+,29-27+,30-28+,35-33+/t46-/m1/s1. The van der Waals surface area contributed by atoms with Crippen LogP contribution in [-0.2, 0) is 32.7 Å². The maximum Gasteiger partial charge on any atom is 0.306 e. The zero-order valence-electron chi connectivity index (χ0n) is 37.2. The van der Waals surface area contributed by atoms with Crippen LogP contribution in [0, 0.1) is 0 Å². The molecule has 0 amide bonds. The molecule has 0 aromatic rings. The van der Waals surface area contributed by atoms with Gasteiger partial charge < -0.3 is 27.9 Å². The fourth-order valence-corrected chi connectivity index (χ4v) is 6.09. The molecule has 0 aliphatic rings. The number of hydrogen-bond acceptors (Lipinski definition) is 8. The average Bonchev–Trinajstić information content (AvgIpc) is 3.17. The smallest absolute Gasteiger partial charge is 0.306 e. The highest BCUT2D eigenvalue weighted by Gasteiger charge is 2.21. The van der Waals surface area contributed by atoms with E-state index in [0.717, 1.165) is 64.2 Å². The zero-order valence-corrected chi connectivity index (χ0v) is 38.1. The van der Waals surface area contributed by atoms with E-state index >= 15 is 0 Å². The molecule has 0 aliphatic carbocycles. The zero-order chi connectivity index (χ0) is 42.8. The van der Waals surface area contributed by atoms with Crippen LogP contribution in [0.25, 0.3) is 0 Å². The molecule has 2 atom stereocenters. The minimum atomic E-state index is -4.65. The summed E-state index contributed by atoms with van der Waals surface area (Å²) in [6.45, 7) is 4.03. The van der Waals surface area contributed by atoms with Crippen LogP contribution < -0.4 is 4.89 Å². The van der Waals surface area contributed by atoms with Crippen LogP contribution in [0.15, 0.2) is 85.1 Å². The lowest BCUT2D eigenvalue weighted by atomic mass is 10.1. The number of rotatable bonds is 39. The van der Waals surface area contributed by atoms with Gasteiger partial charge in [-0.3, -0.25) is 14.2 Å². The van der Waals surface area contributed by atoms with E-state index in [1.807, 2.05) is 27.2 Å². The van der Waals surface area contributed by atoms with Gasteiger partial charge in [0.25, 0.3) is 7.82 Å². The van der Waals surface area contributed by atoms with Gasteiger partial charge in [-0.25, -0.2) is 0 Å². The van der Waals surface area contributed by atoms with Crippen LogP contribution in [0.2, 0.25) is 0 Å². The summed E-state index contributed by atoms with van der Waals surface area (Å²) in [5.74, 6) is -0.941. The average molecular weight is 832 g/mol. The molecule has 0 aliphatic heterocycles. The number of phosphoric ester groups is 1. The second-order valence-electron chi connectivity index (χ2n) is 15.7. The van der Waals surface area contributed by atoms with E-state index in [1.165, 1.54) is 44.9 Å². The van der Waals surface area contributed by atoms with Crippen LogP contribution in [0.5, 0.6) is 0 Å². The summed E-state index contributed by atoms with van der Waals surface area (Å²) in [5.41, 5.74) is 0. The van der Waals surface area contributed by atoms with E-state index in [2.05, 4.69) is 92.8 Å². The number of quaternary nitrogens is 1. The third-order valence-electron chi connectivity index (χ3n) is 8.87. The Labute approximate surface area is 354 Å². The van der Waals surface area contributed by atoms with Gasteiger partial charge in [-0.15, -0.1) is 0 Å². The van der Waals surface area contributed by atoms with Gasteiger partial charge in [0.1, 0.15) is 19.8 Å². The Bertz CT molecular complexity index is 1260. The number of ether oxygens (including phenoxy) is 2. The Balaban J connectivity index is 4.52. The Kier molecular flexibility index (Phi) is 37.7. The van der Waals surface area contributed by atoms with E-state index in [9.17, 15) is 19.0 Å². The molecule has 0 rings (SSSR count). The number of hydrogen-bond donors (Lipinski definition) is 0. The summed E-state index contributed by atoms with van der Waals surface area (Å²) < 4.78 is 33.8. The molecule has 332 valence electrons. The molecule has 0 N–H and O–H groups in total. The Morgan fingerprint density at radius 1 is 0.534 bits per heavy atom. The third-order valence-corrected chi connectivity index (χ3v) is 9.83. The third kappa shape index (κ3) is 42.8. The van der Waals surface area contributed by atoms with Crippen molar-refractivity contribution in [1.82, 2.24) is 0 Å². The van der Waals surface area contributed by atoms with Crippen molar-refractivity contribution in [3.05, 3.63) is 85.1 Å². The lowest BCUT2D eigenvalue weighted by Crippen LogP contribution is -2.37. The van der Waals surface area contributed by atoms with Crippen molar-refractivity contribution in [3.8, 4) is 0 Å². The molecular weight excluding hydrogens is 750 g/mol. The first-order valence-corrected chi connectivity index (χ1v) is 23.8. The first-order chi connectivity index (χ1) is 28.0. The SMILES string of the molecule is CCC/C=C/C/C=C/C/C=C/C/C=C/CCCCCC(=O)OC[C@H](COP(=O)([O-])OCC[N+](C)(C)C)OC(=O)CCC/C=C/C/C=C/C/C=C/CCCCCCCC. The summed E-state index contributed by atoms with van der Waals surface area (Å²) >= 11 is 0. The second-order valence-corrected chi connectivity index (χ2v) is 17.1. The fourth-order valence-electron chi connectivity index (χ4n) is 5.37. The molecule has 0 spiro atoms. The number of allylic oxidation sites excluding steroid dienone is 14. The van der Waals surface area contributed by atoms with Crippen molar-refractivity contribution < 1.29 is 42.1 Å². The van der Waals surface area contributed by atoms with Crippen LogP contribution in [0.3, 0.4) is 0 Å². The maximum atomic E-state index is 12.7. The highest BCUT2D eigenvalue weighted by molar-refractivity contribution is 7.45. The summed E-state index contributed by atoms with van der Waals surface area (Å²) in [7, 11) is 1.10. The number of carbonyl (C=O) groups excluding carboxylic acids is 2. The molecule has 10 heteroatoms. The molecule has 0 saturated carbocycles. The van der Waals surface area contributed by atoms with Crippen molar-refractivity contribution in [2.75, 3.05) is 47.5 Å². The number of likely N-dealkylation sites (N-methyl/N-ethyl adjacent to an activating group) is 1. The lowest BCUT2D eigenvalue weighted by Gasteiger charge is -2.28. The monoisotopic (exact) mass is 832 g/mol. The van der Waals surface area contributed by atoms with E-state index in [4.69, 9.17) is 18.5 Å². The van der Waals surface area contributed by atoms with Crippen LogP contribution in [0.4, 0.5) is 0 Å². The topological polar surface area (TPSA) is 111 Å². The first-order valence-electron chi connectivity index (χ1n) is 22.3. The van der Waals surface area contributed by atoms with E-state index in [1.54, 1.807) is 0 Å². The number of nitrogens with zero attached hydrogens (tertiary/aromatic N) is 1. The van der Waals surface area contributed by atoms with Crippen LogP contribution >= 0.6 is 7.82 Å². The number of phosphoric acid groups is 1. The summed E-state index contributed by atoms with van der Waals surface area (Å²) in [4.78, 5) is 37.5. The summed E-state index contributed by atoms with van der Waals surface area (Å²) in [6, 6.07) is 0. The summed E-state index contributed by atoms with van der Waals surface area (Å²) in [5, 5.41) is 0. The number of esters is 2. The first kappa shape index (κ1) is 55.2. The molecule has 0 fully saturated rings. The maximum absolute atomic E-state index is 12.7. The quantitative estimate of drug-likeness (QED) is 0.0198. The molecule has 0 heterocycles. The van der Waals surface area contributed by atoms with E-state index in [-0.39, 0.29) is 26.1 Å². The summed E-state index contributed by atoms with van der Waals surface area (Å²) in [6.07, 6.45) is 50.5. The van der Waals surface area contributed by atoms with Gasteiger partial charge in [-0.2, -0.15) is 0 Å². The molecule has 9 nitrogen and oxygen atoms in total. The largest absolute Gasteiger partial charge is 0.756 e. The molecular formula is C48H82NO8P. The molecule has 58 heavy (non-hydrogen) atoms. The molecule has 0 aromatic heterocycles. The van der Waals surface area contributed by atoms with Crippen molar-refractivity contribution in [3.63, 3.8) is 0 Å². The van der Waals surface area contributed by atoms with Gasteiger partial charge >= 0.3 is 11.9 Å². The van der Waals surface area contributed by atoms with Gasteiger partial charge in [0, 0.05) is 12.8 Å². The molecule has 1 unspecified atom stereocenters. The van der Waals surface area contributed by atoms with Crippen molar-refractivity contribution >= 4 is 19.8 Å². The van der Waals surface area contributed by atoms with E-state index in [0.29, 0.717) is 30.3 Å². The predicted octanol–water partition coefficient (Wildman–Crippen LogP) is 12.2. The Hall–Kier alpha value is -2.81. The molecule has 0 aromatic carbocycles. The normalized spacial score (nSPS) is 14.4. The van der Waals surface area contributed by atoms with Gasteiger partial charge in [-0.05, 0) is 83.5 Å². The fraction of sp³-hybridized carbons (Fsp3) is 0.667. The van der Waals surface area contributed by atoms with Gasteiger partial charge in [0.15, 0.2) is 6.10 Å². The van der Waals surface area contributed by atoms with Gasteiger partial charge in [0.05, 0.1) is 27.7 Å². The van der Waals surface area contributed by atoms with Crippen LogP contribution in [-0.4, -0.2) is 70.0 Å². The van der Waals surface area contributed by atoms with Crippen molar-refractivity contribution in [2.24, 2.45) is 0 Å². The highest BCUT2D eigenvalue weighted by atomic mass is 31.2. The number of unbranched alkanes of at least 4 members (excludes halogenated alkanes) is 11. The minimum Gasteiger partial charge on any atom is -0.756 e. The van der Waals surface area contributed by atoms with Crippen LogP contribution in [0.1, 0.15) is 155 Å². The van der Waals surface area contributed by atoms with Gasteiger partial charge in [-0.1, -0.05) is 144 Å². The van der Waals surface area contributed by atoms with Gasteiger partial charge in [0.2, 0.25) is 0 Å². The second kappa shape index (κ2) is 39.6. The molecule has 0 radical (unpaired) electrons. The van der Waals surface area contributed by atoms with E-state index < -0.39 is 32.5 Å². The van der Waals surface area contributed by atoms with Crippen molar-refractivity contribution in [2.45, 2.75) is 161 Å². The minimum absolute atomic E-state index is 0.0499. The Morgan fingerprint density at radius 2 is 0.983 bits per heavy atom. The molecule has 0 saturated heterocycles. The number of carbonyl (C=O) groups is 2. The lowest BCUT2D eigenvalue weighted by molar-refractivity contribution is -0.870. The molecule has 0 bridgehead atoms. The predicted molar refractivity (Wildman–Crippen MR) is 240 cm³/mol. The highest BCUT2D eigenvalue weighted by Crippen LogP contribution is 2.38.